The van der Waals surface area contributed by atoms with Crippen molar-refractivity contribution in [3.63, 3.8) is 0 Å². The van der Waals surface area contributed by atoms with Crippen LogP contribution in [0.5, 0.6) is 5.75 Å². The summed E-state index contributed by atoms with van der Waals surface area (Å²) < 4.78 is 24.1. The second kappa shape index (κ2) is 5.79. The fourth-order valence-electron chi connectivity index (χ4n) is 1.59. The van der Waals surface area contributed by atoms with Crippen LogP contribution >= 0.6 is 0 Å². The Hall–Kier alpha value is -1.95. The SMILES string of the molecule is CC(C)Oc1ccc(-c2noc(CCN)n2)cc1F. The van der Waals surface area contributed by atoms with Gasteiger partial charge in [-0.15, -0.1) is 0 Å². The van der Waals surface area contributed by atoms with E-state index in [0.29, 0.717) is 30.2 Å². The first-order valence-electron chi connectivity index (χ1n) is 6.09. The van der Waals surface area contributed by atoms with E-state index in [2.05, 4.69) is 10.1 Å². The maximum Gasteiger partial charge on any atom is 0.228 e. The van der Waals surface area contributed by atoms with Gasteiger partial charge < -0.3 is 15.0 Å². The summed E-state index contributed by atoms with van der Waals surface area (Å²) in [5, 5.41) is 3.79. The van der Waals surface area contributed by atoms with Crippen molar-refractivity contribution < 1.29 is 13.7 Å². The van der Waals surface area contributed by atoms with Crippen LogP contribution in [0.4, 0.5) is 4.39 Å². The first-order chi connectivity index (χ1) is 9.10. The Kier molecular flexibility index (Phi) is 4.11. The average molecular weight is 265 g/mol. The van der Waals surface area contributed by atoms with Crippen LogP contribution in [0.2, 0.25) is 0 Å². The summed E-state index contributed by atoms with van der Waals surface area (Å²) in [7, 11) is 0. The molecular formula is C13H16FN3O2. The molecule has 0 aliphatic carbocycles. The van der Waals surface area contributed by atoms with E-state index in [1.165, 1.54) is 6.07 Å². The van der Waals surface area contributed by atoms with Gasteiger partial charge in [0.2, 0.25) is 11.7 Å². The zero-order valence-corrected chi connectivity index (χ0v) is 10.9. The molecule has 2 N–H and O–H groups in total. The normalized spacial score (nSPS) is 11.0. The Morgan fingerprint density at radius 1 is 1.42 bits per heavy atom. The van der Waals surface area contributed by atoms with E-state index in [1.54, 1.807) is 12.1 Å². The molecule has 19 heavy (non-hydrogen) atoms. The topological polar surface area (TPSA) is 74.2 Å². The zero-order chi connectivity index (χ0) is 13.8. The van der Waals surface area contributed by atoms with Gasteiger partial charge in [-0.3, -0.25) is 0 Å². The van der Waals surface area contributed by atoms with Crippen molar-refractivity contribution in [1.29, 1.82) is 0 Å². The van der Waals surface area contributed by atoms with E-state index in [1.807, 2.05) is 13.8 Å². The molecule has 6 heteroatoms. The highest BCUT2D eigenvalue weighted by atomic mass is 19.1. The lowest BCUT2D eigenvalue weighted by molar-refractivity contribution is 0.231. The number of halogens is 1. The number of hydrogen-bond acceptors (Lipinski definition) is 5. The molecule has 0 bridgehead atoms. The monoisotopic (exact) mass is 265 g/mol. The Morgan fingerprint density at radius 2 is 2.21 bits per heavy atom. The Bertz CT molecular complexity index is 555. The standard InChI is InChI=1S/C13H16FN3O2/c1-8(2)18-11-4-3-9(7-10(11)14)13-16-12(5-6-15)19-17-13/h3-4,7-8H,5-6,15H2,1-2H3. The number of aromatic nitrogens is 2. The van der Waals surface area contributed by atoms with Gasteiger partial charge >= 0.3 is 0 Å². The Balaban J connectivity index is 2.22. The molecule has 1 aromatic heterocycles. The predicted molar refractivity (Wildman–Crippen MR) is 68.2 cm³/mol. The third-order valence-electron chi connectivity index (χ3n) is 2.38. The average Bonchev–Trinajstić information content (AvgIpc) is 2.80. The Morgan fingerprint density at radius 3 is 2.84 bits per heavy atom. The van der Waals surface area contributed by atoms with Crippen molar-refractivity contribution in [3.8, 4) is 17.1 Å². The molecule has 0 saturated carbocycles. The molecule has 0 spiro atoms. The van der Waals surface area contributed by atoms with Crippen LogP contribution in [0, 0.1) is 5.82 Å². The number of hydrogen-bond donors (Lipinski definition) is 1. The predicted octanol–water partition coefficient (Wildman–Crippen LogP) is 2.16. The van der Waals surface area contributed by atoms with Crippen LogP contribution in [0.1, 0.15) is 19.7 Å². The first-order valence-corrected chi connectivity index (χ1v) is 6.09. The third kappa shape index (κ3) is 3.29. The Labute approximate surface area is 110 Å². The number of nitrogens with zero attached hydrogens (tertiary/aromatic N) is 2. The zero-order valence-electron chi connectivity index (χ0n) is 10.9. The summed E-state index contributed by atoms with van der Waals surface area (Å²) in [6.07, 6.45) is 0.422. The van der Waals surface area contributed by atoms with Gasteiger partial charge in [0.1, 0.15) is 0 Å². The van der Waals surface area contributed by atoms with Crippen LogP contribution in [-0.2, 0) is 6.42 Å². The maximum atomic E-state index is 13.8. The second-order valence-corrected chi connectivity index (χ2v) is 4.36. The minimum absolute atomic E-state index is 0.0818. The first kappa shape index (κ1) is 13.5. The highest BCUT2D eigenvalue weighted by Gasteiger charge is 2.12. The minimum Gasteiger partial charge on any atom is -0.488 e. The van der Waals surface area contributed by atoms with Crippen LogP contribution in [0.3, 0.4) is 0 Å². The maximum absolute atomic E-state index is 13.8. The highest BCUT2D eigenvalue weighted by Crippen LogP contribution is 2.24. The molecule has 0 amide bonds. The summed E-state index contributed by atoms with van der Waals surface area (Å²) in [6, 6.07) is 4.58. The number of ether oxygens (including phenoxy) is 1. The van der Waals surface area contributed by atoms with Crippen molar-refractivity contribution >= 4 is 0 Å². The molecule has 0 saturated heterocycles. The van der Waals surface area contributed by atoms with Gasteiger partial charge in [-0.2, -0.15) is 4.98 Å². The molecule has 0 aliphatic rings. The number of benzene rings is 1. The molecule has 102 valence electrons. The summed E-state index contributed by atoms with van der Waals surface area (Å²) in [5.74, 6) is 0.555. The smallest absolute Gasteiger partial charge is 0.228 e. The quantitative estimate of drug-likeness (QED) is 0.896. The van der Waals surface area contributed by atoms with Crippen molar-refractivity contribution in [2.75, 3.05) is 6.54 Å². The van der Waals surface area contributed by atoms with Crippen molar-refractivity contribution in [3.05, 3.63) is 29.9 Å². The molecular weight excluding hydrogens is 249 g/mol. The number of rotatable bonds is 5. The molecule has 0 radical (unpaired) electrons. The van der Waals surface area contributed by atoms with Crippen LogP contribution in [-0.4, -0.2) is 22.8 Å². The van der Waals surface area contributed by atoms with Gasteiger partial charge in [0, 0.05) is 18.5 Å². The molecule has 0 atom stereocenters. The molecule has 1 heterocycles. The van der Waals surface area contributed by atoms with E-state index in [0.717, 1.165) is 0 Å². The molecule has 2 aromatic rings. The summed E-state index contributed by atoms with van der Waals surface area (Å²) in [6.45, 7) is 4.11. The van der Waals surface area contributed by atoms with Crippen molar-refractivity contribution in [1.82, 2.24) is 10.1 Å². The summed E-state index contributed by atoms with van der Waals surface area (Å²) >= 11 is 0. The second-order valence-electron chi connectivity index (χ2n) is 4.36. The van der Waals surface area contributed by atoms with E-state index in [4.69, 9.17) is 15.0 Å². The lowest BCUT2D eigenvalue weighted by Crippen LogP contribution is -2.06. The van der Waals surface area contributed by atoms with E-state index >= 15 is 0 Å². The largest absolute Gasteiger partial charge is 0.488 e. The van der Waals surface area contributed by atoms with E-state index < -0.39 is 5.82 Å². The van der Waals surface area contributed by atoms with Gasteiger partial charge in [-0.1, -0.05) is 5.16 Å². The molecule has 2 rings (SSSR count). The molecule has 0 fully saturated rings. The van der Waals surface area contributed by atoms with Crippen LogP contribution in [0.25, 0.3) is 11.4 Å². The van der Waals surface area contributed by atoms with Crippen LogP contribution < -0.4 is 10.5 Å². The summed E-state index contributed by atoms with van der Waals surface area (Å²) in [4.78, 5) is 4.14. The van der Waals surface area contributed by atoms with Gasteiger partial charge in [-0.25, -0.2) is 4.39 Å². The fourth-order valence-corrected chi connectivity index (χ4v) is 1.59. The van der Waals surface area contributed by atoms with Gasteiger partial charge in [-0.05, 0) is 32.0 Å². The van der Waals surface area contributed by atoms with E-state index in [9.17, 15) is 4.39 Å². The molecule has 5 nitrogen and oxygen atoms in total. The fraction of sp³-hybridized carbons (Fsp3) is 0.385. The third-order valence-corrected chi connectivity index (χ3v) is 2.38. The minimum atomic E-state index is -0.448. The van der Waals surface area contributed by atoms with Crippen molar-refractivity contribution in [2.24, 2.45) is 5.73 Å². The molecule has 1 aromatic carbocycles. The van der Waals surface area contributed by atoms with Gasteiger partial charge in [0.25, 0.3) is 0 Å². The van der Waals surface area contributed by atoms with E-state index in [-0.39, 0.29) is 11.9 Å². The molecule has 0 unspecified atom stereocenters. The lowest BCUT2D eigenvalue weighted by Gasteiger charge is -2.10. The van der Waals surface area contributed by atoms with Gasteiger partial charge in [0.05, 0.1) is 6.10 Å². The summed E-state index contributed by atoms with van der Waals surface area (Å²) in [5.41, 5.74) is 5.94. The van der Waals surface area contributed by atoms with Crippen LogP contribution in [0.15, 0.2) is 22.7 Å². The lowest BCUT2D eigenvalue weighted by atomic mass is 10.2. The van der Waals surface area contributed by atoms with Gasteiger partial charge in [0.15, 0.2) is 11.6 Å². The molecule has 0 aliphatic heterocycles. The van der Waals surface area contributed by atoms with Crippen molar-refractivity contribution in [2.45, 2.75) is 26.4 Å². The number of nitrogens with two attached hydrogens (primary N) is 1. The highest BCUT2D eigenvalue weighted by molar-refractivity contribution is 5.56.